The zero-order valence-electron chi connectivity index (χ0n) is 7.33. The van der Waals surface area contributed by atoms with Crippen molar-refractivity contribution in [3.05, 3.63) is 0 Å². The summed E-state index contributed by atoms with van der Waals surface area (Å²) in [6.45, 7) is 7.43. The van der Waals surface area contributed by atoms with Crippen LogP contribution in [0, 0.1) is 5.41 Å². The lowest BCUT2D eigenvalue weighted by Gasteiger charge is -2.31. The van der Waals surface area contributed by atoms with Gasteiger partial charge in [-0.1, -0.05) is 20.8 Å². The molecule has 0 spiro atoms. The van der Waals surface area contributed by atoms with Gasteiger partial charge in [0.05, 0.1) is 5.37 Å². The van der Waals surface area contributed by atoms with Crippen LogP contribution in [0.15, 0.2) is 0 Å². The molecule has 2 nitrogen and oxygen atoms in total. The van der Waals surface area contributed by atoms with Gasteiger partial charge in [-0.3, -0.25) is 4.79 Å². The first kappa shape index (κ1) is 8.91. The second kappa shape index (κ2) is 3.05. The molecule has 11 heavy (non-hydrogen) atoms. The molecule has 64 valence electrons. The van der Waals surface area contributed by atoms with Crippen LogP contribution in [0.1, 0.15) is 20.8 Å². The van der Waals surface area contributed by atoms with Gasteiger partial charge >= 0.3 is 0 Å². The van der Waals surface area contributed by atoms with Gasteiger partial charge in [-0.25, -0.2) is 0 Å². The lowest BCUT2D eigenvalue weighted by molar-refractivity contribution is -0.119. The van der Waals surface area contributed by atoms with Crippen LogP contribution in [0.4, 0.5) is 0 Å². The predicted molar refractivity (Wildman–Crippen MR) is 48.5 cm³/mol. The normalized spacial score (nSPS) is 25.7. The van der Waals surface area contributed by atoms with Crippen LogP contribution >= 0.6 is 11.8 Å². The topological polar surface area (TPSA) is 20.3 Å². The number of hydrogen-bond acceptors (Lipinski definition) is 2. The quantitative estimate of drug-likeness (QED) is 0.561. The molecule has 1 heterocycles. The van der Waals surface area contributed by atoms with E-state index in [-0.39, 0.29) is 5.41 Å². The average molecular weight is 173 g/mol. The molecule has 0 aromatic rings. The molecule has 0 saturated carbocycles. The Balaban J connectivity index is 2.63. The number of hydrogen-bond donors (Lipinski definition) is 0. The van der Waals surface area contributed by atoms with Crippen molar-refractivity contribution in [2.75, 3.05) is 12.3 Å². The van der Waals surface area contributed by atoms with Crippen LogP contribution in [-0.4, -0.2) is 29.0 Å². The van der Waals surface area contributed by atoms with Gasteiger partial charge in [-0.2, -0.15) is 0 Å². The predicted octanol–water partition coefficient (Wildman–Crippen LogP) is 1.56. The molecule has 1 aliphatic rings. The highest BCUT2D eigenvalue weighted by molar-refractivity contribution is 8.00. The van der Waals surface area contributed by atoms with E-state index in [1.807, 2.05) is 16.7 Å². The summed E-state index contributed by atoms with van der Waals surface area (Å²) in [5.74, 6) is 1.08. The van der Waals surface area contributed by atoms with E-state index < -0.39 is 0 Å². The third-order valence-corrected chi connectivity index (χ3v) is 3.51. The number of nitrogens with zero attached hydrogens (tertiary/aromatic N) is 1. The summed E-state index contributed by atoms with van der Waals surface area (Å²) in [7, 11) is 0. The van der Waals surface area contributed by atoms with E-state index in [4.69, 9.17) is 0 Å². The smallest absolute Gasteiger partial charge is 0.210 e. The van der Waals surface area contributed by atoms with E-state index in [0.29, 0.717) is 5.37 Å². The number of amides is 1. The van der Waals surface area contributed by atoms with Crippen LogP contribution < -0.4 is 0 Å². The first-order chi connectivity index (χ1) is 5.05. The lowest BCUT2D eigenvalue weighted by atomic mass is 9.96. The fourth-order valence-electron chi connectivity index (χ4n) is 1.34. The van der Waals surface area contributed by atoms with Crippen molar-refractivity contribution in [2.24, 2.45) is 5.41 Å². The van der Waals surface area contributed by atoms with Gasteiger partial charge in [0.15, 0.2) is 0 Å². The van der Waals surface area contributed by atoms with Crippen LogP contribution in [-0.2, 0) is 4.79 Å². The van der Waals surface area contributed by atoms with Gasteiger partial charge in [0.2, 0.25) is 6.41 Å². The van der Waals surface area contributed by atoms with E-state index in [1.165, 1.54) is 0 Å². The van der Waals surface area contributed by atoms with Crippen molar-refractivity contribution < 1.29 is 4.79 Å². The molecule has 1 fully saturated rings. The highest BCUT2D eigenvalue weighted by Crippen LogP contribution is 2.36. The zero-order valence-corrected chi connectivity index (χ0v) is 8.15. The summed E-state index contributed by atoms with van der Waals surface area (Å²) in [4.78, 5) is 12.5. The van der Waals surface area contributed by atoms with Gasteiger partial charge in [-0.05, 0) is 5.41 Å². The van der Waals surface area contributed by atoms with E-state index >= 15 is 0 Å². The molecule has 1 rings (SSSR count). The second-order valence-electron chi connectivity index (χ2n) is 3.93. The Hall–Kier alpha value is -0.180. The molecule has 0 N–H and O–H groups in total. The fourth-order valence-corrected chi connectivity index (χ4v) is 2.72. The SMILES string of the molecule is CC(C)(C)C1SCCN1C=O. The monoisotopic (exact) mass is 173 g/mol. The van der Waals surface area contributed by atoms with Crippen molar-refractivity contribution >= 4 is 18.2 Å². The van der Waals surface area contributed by atoms with Gasteiger partial charge in [-0.15, -0.1) is 11.8 Å². The molecule has 0 radical (unpaired) electrons. The van der Waals surface area contributed by atoms with Crippen molar-refractivity contribution in [1.29, 1.82) is 0 Å². The largest absolute Gasteiger partial charge is 0.332 e. The second-order valence-corrected chi connectivity index (χ2v) is 5.12. The first-order valence-corrected chi connectivity index (χ1v) is 4.93. The molecule has 1 amide bonds. The minimum Gasteiger partial charge on any atom is -0.332 e. The fraction of sp³-hybridized carbons (Fsp3) is 0.875. The highest BCUT2D eigenvalue weighted by atomic mass is 32.2. The van der Waals surface area contributed by atoms with Crippen LogP contribution in [0.3, 0.4) is 0 Å². The summed E-state index contributed by atoms with van der Waals surface area (Å²) in [6.07, 6.45) is 0.968. The van der Waals surface area contributed by atoms with E-state index in [9.17, 15) is 4.79 Å². The Kier molecular flexibility index (Phi) is 2.47. The molecular weight excluding hydrogens is 158 g/mol. The van der Waals surface area contributed by atoms with Crippen LogP contribution in [0.5, 0.6) is 0 Å². The highest BCUT2D eigenvalue weighted by Gasteiger charge is 2.33. The third kappa shape index (κ3) is 1.89. The Bertz CT molecular complexity index is 153. The van der Waals surface area contributed by atoms with Crippen LogP contribution in [0.25, 0.3) is 0 Å². The first-order valence-electron chi connectivity index (χ1n) is 3.88. The molecular formula is C8H15NOS. The number of rotatable bonds is 1. The van der Waals surface area contributed by atoms with Crippen molar-refractivity contribution in [2.45, 2.75) is 26.1 Å². The summed E-state index contributed by atoms with van der Waals surface area (Å²) in [5, 5.41) is 0.375. The molecule has 1 aliphatic heterocycles. The Morgan fingerprint density at radius 2 is 2.18 bits per heavy atom. The minimum atomic E-state index is 0.210. The Morgan fingerprint density at radius 1 is 1.55 bits per heavy atom. The standard InChI is InChI=1S/C8H15NOS/c1-8(2,3)7-9(6-10)4-5-11-7/h6-7H,4-5H2,1-3H3. The average Bonchev–Trinajstić information content (AvgIpc) is 2.31. The van der Waals surface area contributed by atoms with E-state index in [0.717, 1.165) is 18.7 Å². The molecule has 1 unspecified atom stereocenters. The van der Waals surface area contributed by atoms with Crippen LogP contribution in [0.2, 0.25) is 0 Å². The van der Waals surface area contributed by atoms with Gasteiger partial charge < -0.3 is 4.90 Å². The summed E-state index contributed by atoms with van der Waals surface area (Å²) >= 11 is 1.88. The van der Waals surface area contributed by atoms with Crippen molar-refractivity contribution in [3.63, 3.8) is 0 Å². The molecule has 3 heteroatoms. The van der Waals surface area contributed by atoms with E-state index in [1.54, 1.807) is 0 Å². The van der Waals surface area contributed by atoms with Gasteiger partial charge in [0.1, 0.15) is 0 Å². The maximum Gasteiger partial charge on any atom is 0.210 e. The molecule has 1 saturated heterocycles. The third-order valence-electron chi connectivity index (χ3n) is 1.80. The number of carbonyl (C=O) groups excluding carboxylic acids is 1. The molecule has 0 aliphatic carbocycles. The van der Waals surface area contributed by atoms with E-state index in [2.05, 4.69) is 20.8 Å². The molecule has 0 aromatic carbocycles. The van der Waals surface area contributed by atoms with Crippen molar-refractivity contribution in [3.8, 4) is 0 Å². The summed E-state index contributed by atoms with van der Waals surface area (Å²) < 4.78 is 0. The molecule has 0 aromatic heterocycles. The Morgan fingerprint density at radius 3 is 2.55 bits per heavy atom. The van der Waals surface area contributed by atoms with Crippen molar-refractivity contribution in [1.82, 2.24) is 4.90 Å². The summed E-state index contributed by atoms with van der Waals surface area (Å²) in [6, 6.07) is 0. The zero-order chi connectivity index (χ0) is 8.48. The minimum absolute atomic E-state index is 0.210. The maximum absolute atomic E-state index is 10.6. The van der Waals surface area contributed by atoms with Gasteiger partial charge in [0.25, 0.3) is 0 Å². The molecule has 1 atom stereocenters. The van der Waals surface area contributed by atoms with Gasteiger partial charge in [0, 0.05) is 12.3 Å². The maximum atomic E-state index is 10.6. The molecule has 0 bridgehead atoms. The number of thioether (sulfide) groups is 1. The Labute approximate surface area is 72.3 Å². The number of carbonyl (C=O) groups is 1. The lowest BCUT2D eigenvalue weighted by Crippen LogP contribution is -2.36. The summed E-state index contributed by atoms with van der Waals surface area (Å²) in [5.41, 5.74) is 0.210.